The molecule has 22 valence electrons. The number of allylic oxidation sites excluding steroid dienone is 1. The van der Waals surface area contributed by atoms with Crippen molar-refractivity contribution < 1.29 is 0 Å². The fraction of sp³-hybridized carbons (Fsp3) is 0.500. The molecule has 0 radical (unpaired) electrons. The van der Waals surface area contributed by atoms with Crippen molar-refractivity contribution in [1.82, 2.24) is 0 Å². The number of hydrogen-bond acceptors (Lipinski definition) is 0. The first-order chi connectivity index (χ1) is 1.91. The molecule has 0 aromatic heterocycles. The normalized spacial score (nSPS) is 5.25. The molecule has 0 saturated heterocycles. The molecular formula is C4H7+. The summed E-state index contributed by atoms with van der Waals surface area (Å²) in [5.41, 5.74) is 0. The van der Waals surface area contributed by atoms with E-state index in [2.05, 4.69) is 12.7 Å². The Bertz CT molecular complexity index is 14.0. The van der Waals surface area contributed by atoms with Crippen LogP contribution in [0.2, 0.25) is 0 Å². The topological polar surface area (TPSA) is 0 Å². The van der Waals surface area contributed by atoms with E-state index in [-0.39, 0.29) is 0 Å². The first kappa shape index (κ1) is 3.65. The minimum absolute atomic E-state index is 0.958. The average molecular weight is 55.1 g/mol. The molecule has 0 amide bonds. The molecule has 0 bridgehead atoms. The summed E-state index contributed by atoms with van der Waals surface area (Å²) in [6.45, 7) is 5.36. The van der Waals surface area contributed by atoms with Crippen molar-refractivity contribution >= 4 is 0 Å². The molecule has 0 unspecified atom stereocenters. The Morgan fingerprint density at radius 2 is 2.25 bits per heavy atom. The Hall–Kier alpha value is -0.350. The van der Waals surface area contributed by atoms with Crippen LogP contribution in [0.3, 0.4) is 0 Å². The smallest absolute Gasteiger partial charge is 0.0142 e. The van der Waals surface area contributed by atoms with Crippen molar-refractivity contribution in [1.29, 1.82) is 0 Å². The molecule has 0 aliphatic rings. The van der Waals surface area contributed by atoms with Gasteiger partial charge in [0, 0.05) is 0 Å². The summed E-state index contributed by atoms with van der Waals surface area (Å²) < 4.78 is 0. The summed E-state index contributed by atoms with van der Waals surface area (Å²) >= 11 is 0. The molecule has 0 aromatic rings. The molecule has 0 aliphatic carbocycles. The number of rotatable bonds is 1. The van der Waals surface area contributed by atoms with Gasteiger partial charge in [-0.05, 0) is 6.92 Å². The SMILES string of the molecule is C=[C+]CC. The third-order valence-corrected chi connectivity index (χ3v) is 0.250. The van der Waals surface area contributed by atoms with Crippen molar-refractivity contribution in [3.63, 3.8) is 0 Å². The third kappa shape index (κ3) is 1.65. The van der Waals surface area contributed by atoms with Crippen LogP contribution in [0.4, 0.5) is 0 Å². The van der Waals surface area contributed by atoms with Gasteiger partial charge in [-0.2, -0.15) is 0 Å². The predicted octanol–water partition coefficient (Wildman–Crippen LogP) is 1.39. The van der Waals surface area contributed by atoms with Gasteiger partial charge >= 0.3 is 0 Å². The molecule has 0 aliphatic heterocycles. The Balaban J connectivity index is 2.30. The van der Waals surface area contributed by atoms with E-state index in [0.717, 1.165) is 6.42 Å². The van der Waals surface area contributed by atoms with Crippen LogP contribution in [0.25, 0.3) is 0 Å². The molecule has 4 heavy (non-hydrogen) atoms. The number of hydrogen-bond donors (Lipinski definition) is 0. The van der Waals surface area contributed by atoms with Crippen LogP contribution in [0.15, 0.2) is 6.58 Å². The monoisotopic (exact) mass is 55.1 g/mol. The zero-order chi connectivity index (χ0) is 3.41. The van der Waals surface area contributed by atoms with Gasteiger partial charge in [-0.3, -0.25) is 0 Å². The van der Waals surface area contributed by atoms with Crippen LogP contribution < -0.4 is 0 Å². The molecule has 0 fully saturated rings. The van der Waals surface area contributed by atoms with Crippen molar-refractivity contribution in [2.75, 3.05) is 0 Å². The van der Waals surface area contributed by atoms with Crippen LogP contribution in [0.5, 0.6) is 0 Å². The van der Waals surface area contributed by atoms with Crippen LogP contribution in [0.1, 0.15) is 13.3 Å². The van der Waals surface area contributed by atoms with Gasteiger partial charge in [-0.25, -0.2) is 0 Å². The maximum absolute atomic E-state index is 3.35. The van der Waals surface area contributed by atoms with Gasteiger partial charge in [-0.1, -0.05) is 0 Å². The summed E-state index contributed by atoms with van der Waals surface area (Å²) in [5.74, 6) is 0. The fourth-order valence-electron chi connectivity index (χ4n) is 0. The Kier molecular flexibility index (Phi) is 2.42. The third-order valence-electron chi connectivity index (χ3n) is 0.250. The van der Waals surface area contributed by atoms with E-state index in [1.807, 2.05) is 6.92 Å². The first-order valence-corrected chi connectivity index (χ1v) is 1.41. The van der Waals surface area contributed by atoms with Crippen LogP contribution in [0, 0.1) is 6.08 Å². The summed E-state index contributed by atoms with van der Waals surface area (Å²) in [5, 5.41) is 0. The highest BCUT2D eigenvalue weighted by Gasteiger charge is 1.66. The van der Waals surface area contributed by atoms with E-state index < -0.39 is 0 Å². The van der Waals surface area contributed by atoms with Gasteiger partial charge in [-0.15, -0.1) is 0 Å². The molecule has 0 heteroatoms. The highest BCUT2D eigenvalue weighted by atomic mass is 13.5. The van der Waals surface area contributed by atoms with E-state index >= 15 is 0 Å². The van der Waals surface area contributed by atoms with Gasteiger partial charge in [0.25, 0.3) is 0 Å². The van der Waals surface area contributed by atoms with E-state index in [1.54, 1.807) is 0 Å². The molecule has 0 aromatic carbocycles. The van der Waals surface area contributed by atoms with Gasteiger partial charge in [0.05, 0.1) is 0 Å². The standard InChI is InChI=1S/C4H7/c1-3-4-2/h1,4H2,2H3/q+1. The molecule has 0 saturated carbocycles. The maximum atomic E-state index is 3.35. The van der Waals surface area contributed by atoms with Crippen LogP contribution in [-0.4, -0.2) is 0 Å². The summed E-state index contributed by atoms with van der Waals surface area (Å²) in [4.78, 5) is 0. The van der Waals surface area contributed by atoms with E-state index in [9.17, 15) is 0 Å². The summed E-state index contributed by atoms with van der Waals surface area (Å²) in [6.07, 6.45) is 3.64. The van der Waals surface area contributed by atoms with E-state index in [4.69, 9.17) is 0 Å². The van der Waals surface area contributed by atoms with E-state index in [0.29, 0.717) is 0 Å². The minimum Gasteiger partial charge on any atom is -0.0142 e. The lowest BCUT2D eigenvalue weighted by atomic mass is 10.5. The molecular weight excluding hydrogens is 48.0 g/mol. The molecule has 0 spiro atoms. The molecule has 0 atom stereocenters. The second-order valence-electron chi connectivity index (χ2n) is 0.604. The van der Waals surface area contributed by atoms with Crippen molar-refractivity contribution in [2.45, 2.75) is 13.3 Å². The van der Waals surface area contributed by atoms with Crippen molar-refractivity contribution in [3.8, 4) is 0 Å². The van der Waals surface area contributed by atoms with Crippen LogP contribution >= 0.6 is 0 Å². The highest BCUT2D eigenvalue weighted by Crippen LogP contribution is 1.64. The van der Waals surface area contributed by atoms with E-state index in [1.165, 1.54) is 0 Å². The average Bonchev–Trinajstić information content (AvgIpc) is 1.37. The largest absolute Gasteiger partial charge is 0.214 e. The van der Waals surface area contributed by atoms with Gasteiger partial charge in [0.15, 0.2) is 6.42 Å². The lowest BCUT2D eigenvalue weighted by molar-refractivity contribution is 1.19. The Labute approximate surface area is 27.1 Å². The fourth-order valence-corrected chi connectivity index (χ4v) is 0. The van der Waals surface area contributed by atoms with Gasteiger partial charge < -0.3 is 0 Å². The summed E-state index contributed by atoms with van der Waals surface area (Å²) in [6, 6.07) is 0. The summed E-state index contributed by atoms with van der Waals surface area (Å²) in [7, 11) is 0. The lowest BCUT2D eigenvalue weighted by Gasteiger charge is -1.37. The Morgan fingerprint density at radius 3 is 2.25 bits per heavy atom. The highest BCUT2D eigenvalue weighted by molar-refractivity contribution is 4.46. The van der Waals surface area contributed by atoms with Crippen molar-refractivity contribution in [2.24, 2.45) is 0 Å². The van der Waals surface area contributed by atoms with Gasteiger partial charge in [0.2, 0.25) is 6.08 Å². The molecule has 0 nitrogen and oxygen atoms in total. The van der Waals surface area contributed by atoms with Crippen molar-refractivity contribution in [3.05, 3.63) is 12.7 Å². The zero-order valence-electron chi connectivity index (χ0n) is 2.91. The maximum Gasteiger partial charge on any atom is 0.214 e. The lowest BCUT2D eigenvalue weighted by Crippen LogP contribution is -1.38. The zero-order valence-corrected chi connectivity index (χ0v) is 2.91. The quantitative estimate of drug-likeness (QED) is 0.397. The minimum atomic E-state index is 0.958. The Morgan fingerprint density at radius 1 is 2.00 bits per heavy atom. The van der Waals surface area contributed by atoms with Crippen LogP contribution in [-0.2, 0) is 0 Å². The first-order valence-electron chi connectivity index (χ1n) is 1.41. The molecule has 0 heterocycles. The second kappa shape index (κ2) is 2.65. The molecule has 0 N–H and O–H groups in total. The molecule has 0 rings (SSSR count). The predicted molar refractivity (Wildman–Crippen MR) is 19.2 cm³/mol. The van der Waals surface area contributed by atoms with Gasteiger partial charge in [0.1, 0.15) is 6.58 Å². The second-order valence-corrected chi connectivity index (χ2v) is 0.604.